The molecule has 0 bridgehead atoms. The van der Waals surface area contributed by atoms with E-state index in [2.05, 4.69) is 0 Å². The van der Waals surface area contributed by atoms with Gasteiger partial charge in [-0.25, -0.2) is 8.78 Å². The zero-order valence-electron chi connectivity index (χ0n) is 16.0. The Morgan fingerprint density at radius 2 is 1.93 bits per heavy atom. The van der Waals surface area contributed by atoms with E-state index in [9.17, 15) is 18.4 Å². The molecule has 0 spiro atoms. The van der Waals surface area contributed by atoms with Gasteiger partial charge in [0, 0.05) is 26.1 Å². The number of hydrogen-bond donors (Lipinski definition) is 1. The van der Waals surface area contributed by atoms with Gasteiger partial charge in [0.2, 0.25) is 5.91 Å². The van der Waals surface area contributed by atoms with E-state index in [0.717, 1.165) is 17.7 Å². The summed E-state index contributed by atoms with van der Waals surface area (Å²) >= 11 is 0. The maximum Gasteiger partial charge on any atom is 0.260 e. The van der Waals surface area contributed by atoms with Gasteiger partial charge in [-0.1, -0.05) is 12.1 Å². The van der Waals surface area contributed by atoms with Gasteiger partial charge in [0.05, 0.1) is 18.3 Å². The molecule has 2 aromatic rings. The molecule has 1 heterocycles. The molecule has 1 N–H and O–H groups in total. The Morgan fingerprint density at radius 3 is 2.55 bits per heavy atom. The van der Waals surface area contributed by atoms with Crippen molar-refractivity contribution in [2.75, 3.05) is 24.6 Å². The van der Waals surface area contributed by atoms with Crippen LogP contribution in [-0.4, -0.2) is 47.6 Å². The van der Waals surface area contributed by atoms with Crippen LogP contribution < -0.4 is 9.64 Å². The molecule has 6 nitrogen and oxygen atoms in total. The molecule has 154 valence electrons. The van der Waals surface area contributed by atoms with Crippen molar-refractivity contribution in [2.24, 2.45) is 0 Å². The number of rotatable bonds is 6. The first-order chi connectivity index (χ1) is 13.9. The van der Waals surface area contributed by atoms with Crippen molar-refractivity contribution in [3.8, 4) is 5.75 Å². The lowest BCUT2D eigenvalue weighted by atomic mass is 10.1. The summed E-state index contributed by atoms with van der Waals surface area (Å²) in [4.78, 5) is 27.4. The second-order valence-electron chi connectivity index (χ2n) is 6.86. The number of amides is 2. The van der Waals surface area contributed by atoms with Gasteiger partial charge in [-0.05, 0) is 36.2 Å². The lowest BCUT2D eigenvalue weighted by molar-refractivity contribution is -0.132. The van der Waals surface area contributed by atoms with Gasteiger partial charge >= 0.3 is 0 Å². The summed E-state index contributed by atoms with van der Waals surface area (Å²) in [7, 11) is 0. The third-order valence-electron chi connectivity index (χ3n) is 4.86. The fraction of sp³-hybridized carbons (Fsp3) is 0.333. The zero-order chi connectivity index (χ0) is 21.0. The predicted octanol–water partition coefficient (Wildman–Crippen LogP) is 2.49. The first-order valence-electron chi connectivity index (χ1n) is 9.24. The molecule has 3 rings (SSSR count). The molecule has 0 saturated carbocycles. The quantitative estimate of drug-likeness (QED) is 0.803. The number of nitrogens with zero attached hydrogens (tertiary/aromatic N) is 2. The lowest BCUT2D eigenvalue weighted by Gasteiger charge is -2.28. The topological polar surface area (TPSA) is 70.1 Å². The molecular weight excluding hydrogens is 382 g/mol. The molecule has 1 aliphatic rings. The molecular formula is C21H22F2N2O4. The minimum Gasteiger partial charge on any atom is -0.484 e. The van der Waals surface area contributed by atoms with Crippen molar-refractivity contribution < 1.29 is 28.2 Å². The van der Waals surface area contributed by atoms with E-state index < -0.39 is 17.7 Å². The van der Waals surface area contributed by atoms with Gasteiger partial charge in [0.15, 0.2) is 6.61 Å². The van der Waals surface area contributed by atoms with Gasteiger partial charge in [-0.2, -0.15) is 0 Å². The second-order valence-corrected chi connectivity index (χ2v) is 6.86. The first-order valence-corrected chi connectivity index (χ1v) is 9.24. The fourth-order valence-electron chi connectivity index (χ4n) is 3.41. The Morgan fingerprint density at radius 1 is 1.21 bits per heavy atom. The molecule has 1 atom stereocenters. The Balaban J connectivity index is 1.62. The van der Waals surface area contributed by atoms with Crippen LogP contribution in [-0.2, 0) is 16.2 Å². The summed E-state index contributed by atoms with van der Waals surface area (Å²) in [5.41, 5.74) is 0.738. The number of carbonyl (C=O) groups is 2. The molecule has 1 aliphatic heterocycles. The van der Waals surface area contributed by atoms with Crippen LogP contribution in [0.15, 0.2) is 42.5 Å². The minimum absolute atomic E-state index is 0.00146. The van der Waals surface area contributed by atoms with Gasteiger partial charge in [0.25, 0.3) is 5.91 Å². The number of benzene rings is 2. The summed E-state index contributed by atoms with van der Waals surface area (Å²) in [5.74, 6) is -1.66. The van der Waals surface area contributed by atoms with Crippen LogP contribution in [0.2, 0.25) is 0 Å². The van der Waals surface area contributed by atoms with Crippen LogP contribution in [0.4, 0.5) is 14.5 Å². The van der Waals surface area contributed by atoms with E-state index in [1.807, 2.05) is 0 Å². The summed E-state index contributed by atoms with van der Waals surface area (Å²) in [6.45, 7) is 1.71. The van der Waals surface area contributed by atoms with E-state index in [-0.39, 0.29) is 37.3 Å². The molecule has 0 aliphatic carbocycles. The Bertz CT molecular complexity index is 889. The van der Waals surface area contributed by atoms with Crippen molar-refractivity contribution in [1.29, 1.82) is 0 Å². The number of likely N-dealkylation sites (tertiary alicyclic amines) is 1. The van der Waals surface area contributed by atoms with Crippen molar-refractivity contribution in [3.05, 3.63) is 59.7 Å². The smallest absolute Gasteiger partial charge is 0.260 e. The maximum atomic E-state index is 14.2. The number of aliphatic hydroxyl groups excluding tert-OH is 1. The fourth-order valence-corrected chi connectivity index (χ4v) is 3.41. The molecule has 2 aromatic carbocycles. The van der Waals surface area contributed by atoms with Gasteiger partial charge in [0.1, 0.15) is 17.4 Å². The van der Waals surface area contributed by atoms with E-state index in [1.165, 1.54) is 17.9 Å². The maximum absolute atomic E-state index is 14.2. The number of aliphatic hydroxyl groups is 1. The van der Waals surface area contributed by atoms with E-state index in [4.69, 9.17) is 9.84 Å². The van der Waals surface area contributed by atoms with E-state index in [1.54, 1.807) is 29.2 Å². The highest BCUT2D eigenvalue weighted by molar-refractivity contribution is 5.92. The second kappa shape index (κ2) is 9.00. The third kappa shape index (κ3) is 4.89. The lowest BCUT2D eigenvalue weighted by Crippen LogP contribution is -2.43. The van der Waals surface area contributed by atoms with Gasteiger partial charge < -0.3 is 19.6 Å². The highest BCUT2D eigenvalue weighted by Gasteiger charge is 2.33. The molecule has 1 unspecified atom stereocenters. The largest absolute Gasteiger partial charge is 0.484 e. The van der Waals surface area contributed by atoms with Crippen LogP contribution >= 0.6 is 0 Å². The van der Waals surface area contributed by atoms with Crippen LogP contribution in [0.3, 0.4) is 0 Å². The summed E-state index contributed by atoms with van der Waals surface area (Å²) in [6, 6.07) is 9.40. The van der Waals surface area contributed by atoms with Crippen LogP contribution in [0, 0.1) is 11.6 Å². The standard InChI is InChI=1S/C21H22F2N2O4/c1-14(27)25(20-7-4-16(22)10-19(20)23)17-8-9-24(11-17)21(28)13-29-18-5-2-15(12-26)3-6-18/h2-7,10,17,26H,8-9,11-13H2,1H3. The highest BCUT2D eigenvalue weighted by atomic mass is 19.1. The number of ether oxygens (including phenoxy) is 1. The van der Waals surface area contributed by atoms with E-state index in [0.29, 0.717) is 18.7 Å². The monoisotopic (exact) mass is 404 g/mol. The molecule has 8 heteroatoms. The number of anilines is 1. The van der Waals surface area contributed by atoms with Crippen LogP contribution in [0.1, 0.15) is 18.9 Å². The molecule has 1 fully saturated rings. The number of carbonyl (C=O) groups excluding carboxylic acids is 2. The van der Waals surface area contributed by atoms with Crippen molar-refractivity contribution in [2.45, 2.75) is 26.0 Å². The number of halogens is 2. The van der Waals surface area contributed by atoms with Crippen molar-refractivity contribution in [1.82, 2.24) is 4.90 Å². The predicted molar refractivity (Wildman–Crippen MR) is 102 cm³/mol. The Labute approximate surface area is 167 Å². The molecule has 1 saturated heterocycles. The summed E-state index contributed by atoms with van der Waals surface area (Å²) in [6.07, 6.45) is 0.479. The minimum atomic E-state index is -0.820. The molecule has 2 amide bonds. The SMILES string of the molecule is CC(=O)N(c1ccc(F)cc1F)C1CCN(C(=O)COc2ccc(CO)cc2)C1. The average Bonchev–Trinajstić information content (AvgIpc) is 3.18. The molecule has 0 aromatic heterocycles. The van der Waals surface area contributed by atoms with Gasteiger partial charge in [-0.3, -0.25) is 9.59 Å². The van der Waals surface area contributed by atoms with Crippen LogP contribution in [0.5, 0.6) is 5.75 Å². The third-order valence-corrected chi connectivity index (χ3v) is 4.86. The highest BCUT2D eigenvalue weighted by Crippen LogP contribution is 2.27. The van der Waals surface area contributed by atoms with Gasteiger partial charge in [-0.15, -0.1) is 0 Å². The summed E-state index contributed by atoms with van der Waals surface area (Å²) < 4.78 is 32.9. The number of hydrogen-bond acceptors (Lipinski definition) is 4. The molecule has 29 heavy (non-hydrogen) atoms. The van der Waals surface area contributed by atoms with E-state index >= 15 is 0 Å². The summed E-state index contributed by atoms with van der Waals surface area (Å²) in [5, 5.41) is 9.04. The molecule has 0 radical (unpaired) electrons. The Kier molecular flexibility index (Phi) is 6.43. The van der Waals surface area contributed by atoms with Crippen molar-refractivity contribution >= 4 is 17.5 Å². The Hall–Kier alpha value is -3.00. The van der Waals surface area contributed by atoms with Crippen LogP contribution in [0.25, 0.3) is 0 Å². The first kappa shape index (κ1) is 20.7. The normalized spacial score (nSPS) is 16.0. The van der Waals surface area contributed by atoms with Crippen molar-refractivity contribution in [3.63, 3.8) is 0 Å². The zero-order valence-corrected chi connectivity index (χ0v) is 16.0. The average molecular weight is 404 g/mol.